The van der Waals surface area contributed by atoms with E-state index in [1.54, 1.807) is 26.8 Å². The fourth-order valence-corrected chi connectivity index (χ4v) is 1.87. The average molecular weight is 283 g/mol. The summed E-state index contributed by atoms with van der Waals surface area (Å²) in [6.45, 7) is 7.98. The fourth-order valence-electron chi connectivity index (χ4n) is 1.87. The Morgan fingerprint density at radius 2 is 2.00 bits per heavy atom. The van der Waals surface area contributed by atoms with Gasteiger partial charge in [0, 0.05) is 12.3 Å². The number of esters is 1. The van der Waals surface area contributed by atoms with E-state index in [9.17, 15) is 9.18 Å². The number of nitrogens with one attached hydrogen (secondary N) is 1. The lowest BCUT2D eigenvalue weighted by atomic mass is 10.0. The summed E-state index contributed by atoms with van der Waals surface area (Å²) in [5.74, 6) is -0.773. The summed E-state index contributed by atoms with van der Waals surface area (Å²) in [6, 6.07) is 4.54. The third-order valence-corrected chi connectivity index (χ3v) is 2.78. The van der Waals surface area contributed by atoms with E-state index in [1.165, 1.54) is 12.1 Å². The number of rotatable bonds is 7. The molecule has 0 heterocycles. The van der Waals surface area contributed by atoms with Gasteiger partial charge in [0.05, 0.1) is 13.2 Å². The van der Waals surface area contributed by atoms with Crippen molar-refractivity contribution in [2.45, 2.75) is 33.2 Å². The molecule has 20 heavy (non-hydrogen) atoms. The van der Waals surface area contributed by atoms with Gasteiger partial charge in [-0.25, -0.2) is 9.18 Å². The van der Waals surface area contributed by atoms with Crippen molar-refractivity contribution >= 4 is 11.7 Å². The zero-order chi connectivity index (χ0) is 15.2. The SMILES string of the molecule is CCOCC(C)(Nc1cc(C)cc(F)c1)C(=O)OCC. The molecule has 0 fully saturated rings. The monoisotopic (exact) mass is 283 g/mol. The maximum Gasteiger partial charge on any atom is 0.333 e. The first kappa shape index (κ1) is 16.4. The van der Waals surface area contributed by atoms with Crippen LogP contribution in [0.2, 0.25) is 0 Å². The first-order valence-corrected chi connectivity index (χ1v) is 6.71. The lowest BCUT2D eigenvalue weighted by molar-refractivity contribution is -0.150. The largest absolute Gasteiger partial charge is 0.464 e. The molecule has 1 atom stereocenters. The maximum atomic E-state index is 13.4. The molecule has 0 aliphatic rings. The van der Waals surface area contributed by atoms with Gasteiger partial charge in [0.2, 0.25) is 0 Å². The molecular weight excluding hydrogens is 261 g/mol. The second kappa shape index (κ2) is 7.24. The van der Waals surface area contributed by atoms with E-state index in [-0.39, 0.29) is 19.0 Å². The molecule has 5 heteroatoms. The van der Waals surface area contributed by atoms with Gasteiger partial charge in [-0.1, -0.05) is 0 Å². The van der Waals surface area contributed by atoms with E-state index in [0.717, 1.165) is 5.56 Å². The Balaban J connectivity index is 2.95. The van der Waals surface area contributed by atoms with Crippen molar-refractivity contribution in [2.75, 3.05) is 25.1 Å². The van der Waals surface area contributed by atoms with Crippen molar-refractivity contribution in [3.8, 4) is 0 Å². The number of halogens is 1. The van der Waals surface area contributed by atoms with Crippen LogP contribution in [0.3, 0.4) is 0 Å². The maximum absolute atomic E-state index is 13.4. The molecule has 1 rings (SSSR count). The van der Waals surface area contributed by atoms with E-state index < -0.39 is 11.5 Å². The summed E-state index contributed by atoms with van der Waals surface area (Å²) < 4.78 is 23.8. The normalized spacial score (nSPS) is 13.7. The number of carbonyl (C=O) groups is 1. The van der Waals surface area contributed by atoms with Crippen molar-refractivity contribution < 1.29 is 18.7 Å². The minimum atomic E-state index is -1.05. The standard InChI is InChI=1S/C15H22FNO3/c1-5-19-10-15(4,14(18)20-6-2)17-13-8-11(3)7-12(16)9-13/h7-9,17H,5-6,10H2,1-4H3. The van der Waals surface area contributed by atoms with Crippen molar-refractivity contribution in [3.05, 3.63) is 29.6 Å². The van der Waals surface area contributed by atoms with Crippen molar-refractivity contribution in [1.82, 2.24) is 0 Å². The number of anilines is 1. The van der Waals surface area contributed by atoms with Gasteiger partial charge in [-0.3, -0.25) is 0 Å². The Bertz CT molecular complexity index is 444. The van der Waals surface area contributed by atoms with Gasteiger partial charge in [-0.05, 0) is 51.5 Å². The van der Waals surface area contributed by atoms with Crippen LogP contribution in [-0.4, -0.2) is 31.3 Å². The summed E-state index contributed by atoms with van der Waals surface area (Å²) in [5.41, 5.74) is 0.250. The Hall–Kier alpha value is -1.62. The van der Waals surface area contributed by atoms with Gasteiger partial charge in [0.1, 0.15) is 5.82 Å². The molecule has 4 nitrogen and oxygen atoms in total. The second-order valence-corrected chi connectivity index (χ2v) is 4.83. The third-order valence-electron chi connectivity index (χ3n) is 2.78. The number of hydrogen-bond acceptors (Lipinski definition) is 4. The Morgan fingerprint density at radius 3 is 2.55 bits per heavy atom. The molecule has 0 saturated carbocycles. The predicted octanol–water partition coefficient (Wildman–Crippen LogP) is 2.90. The number of benzene rings is 1. The molecule has 1 aromatic carbocycles. The molecule has 112 valence electrons. The molecule has 1 unspecified atom stereocenters. The van der Waals surface area contributed by atoms with Gasteiger partial charge in [0.15, 0.2) is 5.54 Å². The zero-order valence-electron chi connectivity index (χ0n) is 12.5. The second-order valence-electron chi connectivity index (χ2n) is 4.83. The van der Waals surface area contributed by atoms with Crippen molar-refractivity contribution in [3.63, 3.8) is 0 Å². The van der Waals surface area contributed by atoms with Crippen LogP contribution in [0.4, 0.5) is 10.1 Å². The molecule has 1 N–H and O–H groups in total. The van der Waals surface area contributed by atoms with E-state index in [0.29, 0.717) is 12.3 Å². The summed E-state index contributed by atoms with van der Waals surface area (Å²) in [4.78, 5) is 12.1. The van der Waals surface area contributed by atoms with Crippen LogP contribution in [-0.2, 0) is 14.3 Å². The van der Waals surface area contributed by atoms with Crippen molar-refractivity contribution in [1.29, 1.82) is 0 Å². The topological polar surface area (TPSA) is 47.6 Å². The number of carbonyl (C=O) groups excluding carboxylic acids is 1. The summed E-state index contributed by atoms with van der Waals surface area (Å²) in [5, 5.41) is 3.02. The molecule has 0 aliphatic carbocycles. The molecule has 0 amide bonds. The number of hydrogen-bond donors (Lipinski definition) is 1. The third kappa shape index (κ3) is 4.49. The van der Waals surface area contributed by atoms with Crippen LogP contribution in [0.1, 0.15) is 26.3 Å². The number of ether oxygens (including phenoxy) is 2. The summed E-state index contributed by atoms with van der Waals surface area (Å²) >= 11 is 0. The summed E-state index contributed by atoms with van der Waals surface area (Å²) in [7, 11) is 0. The smallest absolute Gasteiger partial charge is 0.333 e. The minimum absolute atomic E-state index is 0.151. The first-order valence-electron chi connectivity index (χ1n) is 6.71. The first-order chi connectivity index (χ1) is 9.41. The van der Waals surface area contributed by atoms with Crippen LogP contribution >= 0.6 is 0 Å². The molecule has 0 radical (unpaired) electrons. The Labute approximate surface area is 119 Å². The lowest BCUT2D eigenvalue weighted by Crippen LogP contribution is -2.48. The molecule has 0 bridgehead atoms. The van der Waals surface area contributed by atoms with E-state index in [2.05, 4.69) is 5.32 Å². The molecule has 0 saturated heterocycles. The van der Waals surface area contributed by atoms with Gasteiger partial charge in [0.25, 0.3) is 0 Å². The van der Waals surface area contributed by atoms with Gasteiger partial charge in [-0.15, -0.1) is 0 Å². The van der Waals surface area contributed by atoms with E-state index in [1.807, 2.05) is 6.92 Å². The van der Waals surface area contributed by atoms with Crippen molar-refractivity contribution in [2.24, 2.45) is 0 Å². The zero-order valence-corrected chi connectivity index (χ0v) is 12.5. The van der Waals surface area contributed by atoms with Gasteiger partial charge < -0.3 is 14.8 Å². The average Bonchev–Trinajstić information content (AvgIpc) is 2.35. The van der Waals surface area contributed by atoms with Crippen LogP contribution in [0.15, 0.2) is 18.2 Å². The molecule has 0 spiro atoms. The number of aryl methyl sites for hydroxylation is 1. The molecular formula is C15H22FNO3. The predicted molar refractivity (Wildman–Crippen MR) is 76.3 cm³/mol. The lowest BCUT2D eigenvalue weighted by Gasteiger charge is -2.29. The highest BCUT2D eigenvalue weighted by atomic mass is 19.1. The molecule has 0 aliphatic heterocycles. The minimum Gasteiger partial charge on any atom is -0.464 e. The highest BCUT2D eigenvalue weighted by molar-refractivity contribution is 5.84. The van der Waals surface area contributed by atoms with E-state index in [4.69, 9.17) is 9.47 Å². The van der Waals surface area contributed by atoms with Gasteiger partial charge in [-0.2, -0.15) is 0 Å². The summed E-state index contributed by atoms with van der Waals surface area (Å²) in [6.07, 6.45) is 0. The van der Waals surface area contributed by atoms with Crippen LogP contribution in [0.5, 0.6) is 0 Å². The van der Waals surface area contributed by atoms with Crippen LogP contribution in [0, 0.1) is 12.7 Å². The molecule has 0 aromatic heterocycles. The van der Waals surface area contributed by atoms with Crippen LogP contribution < -0.4 is 5.32 Å². The van der Waals surface area contributed by atoms with Crippen LogP contribution in [0.25, 0.3) is 0 Å². The quantitative estimate of drug-likeness (QED) is 0.782. The highest BCUT2D eigenvalue weighted by Gasteiger charge is 2.35. The highest BCUT2D eigenvalue weighted by Crippen LogP contribution is 2.20. The molecule has 1 aromatic rings. The fraction of sp³-hybridized carbons (Fsp3) is 0.533. The Morgan fingerprint density at radius 1 is 1.30 bits per heavy atom. The van der Waals surface area contributed by atoms with E-state index >= 15 is 0 Å². The Kier molecular flexibility index (Phi) is 5.95. The van der Waals surface area contributed by atoms with Gasteiger partial charge >= 0.3 is 5.97 Å².